The standard InChI is InChI=1S/C26H35N9O2/c1-15-14-34(10-11-35(15)25(36)37-26(4,5)6)21-12-20-19(8-9-33(20)7)31-22(21)17(3)29-23-18(13-27)16(2)30-24(28)32-23/h8-9,12,15,17H,10-11,14H2,1-7H3,(H3,28,29,30,32)/t15-,17+/m1/s1. The summed E-state index contributed by atoms with van der Waals surface area (Å²) in [5.41, 5.74) is 9.84. The molecular weight excluding hydrogens is 470 g/mol. The predicted molar refractivity (Wildman–Crippen MR) is 143 cm³/mol. The molecule has 0 aromatic carbocycles. The zero-order valence-electron chi connectivity index (χ0n) is 22.5. The molecule has 3 N–H and O–H groups in total. The SMILES string of the molecule is Cc1nc(N)nc(N[C@@H](C)c2nc3ccn(C)c3cc2N2CCN(C(=O)OC(C)(C)C)[C@H](C)C2)c1C#N. The fourth-order valence-corrected chi connectivity index (χ4v) is 4.64. The molecule has 0 bridgehead atoms. The number of piperazine rings is 1. The highest BCUT2D eigenvalue weighted by Crippen LogP contribution is 2.33. The maximum Gasteiger partial charge on any atom is 0.410 e. The van der Waals surface area contributed by atoms with Crippen molar-refractivity contribution in [2.24, 2.45) is 7.05 Å². The minimum absolute atomic E-state index is 0.0571. The van der Waals surface area contributed by atoms with Gasteiger partial charge >= 0.3 is 6.09 Å². The third-order valence-electron chi connectivity index (χ3n) is 6.45. The quantitative estimate of drug-likeness (QED) is 0.543. The Morgan fingerprint density at radius 2 is 2.03 bits per heavy atom. The number of nitrogens with zero attached hydrogens (tertiary/aromatic N) is 7. The van der Waals surface area contributed by atoms with Crippen molar-refractivity contribution in [2.75, 3.05) is 35.6 Å². The van der Waals surface area contributed by atoms with E-state index in [2.05, 4.69) is 32.3 Å². The van der Waals surface area contributed by atoms with Gasteiger partial charge in [-0.2, -0.15) is 10.2 Å². The molecule has 3 aromatic rings. The lowest BCUT2D eigenvalue weighted by atomic mass is 10.1. The van der Waals surface area contributed by atoms with Gasteiger partial charge in [0.25, 0.3) is 0 Å². The Hall–Kier alpha value is -4.07. The summed E-state index contributed by atoms with van der Waals surface area (Å²) in [4.78, 5) is 30.2. The van der Waals surface area contributed by atoms with E-state index in [0.717, 1.165) is 22.4 Å². The average molecular weight is 506 g/mol. The lowest BCUT2D eigenvalue weighted by molar-refractivity contribution is 0.0159. The monoisotopic (exact) mass is 505 g/mol. The molecule has 0 aliphatic carbocycles. The smallest absolute Gasteiger partial charge is 0.410 e. The second-order valence-corrected chi connectivity index (χ2v) is 10.6. The third-order valence-corrected chi connectivity index (χ3v) is 6.45. The maximum atomic E-state index is 12.8. The Kier molecular flexibility index (Phi) is 6.86. The van der Waals surface area contributed by atoms with Crippen molar-refractivity contribution in [3.63, 3.8) is 0 Å². The molecule has 1 fully saturated rings. The van der Waals surface area contributed by atoms with Gasteiger partial charge in [-0.15, -0.1) is 0 Å². The van der Waals surface area contributed by atoms with Gasteiger partial charge in [-0.25, -0.2) is 14.8 Å². The van der Waals surface area contributed by atoms with Crippen molar-refractivity contribution in [3.05, 3.63) is 35.3 Å². The summed E-state index contributed by atoms with van der Waals surface area (Å²) in [7, 11) is 1.99. The first-order valence-electron chi connectivity index (χ1n) is 12.4. The number of fused-ring (bicyclic) bond motifs is 1. The minimum atomic E-state index is -0.547. The van der Waals surface area contributed by atoms with Gasteiger partial charge in [0.2, 0.25) is 5.95 Å². The molecule has 11 nitrogen and oxygen atoms in total. The van der Waals surface area contributed by atoms with E-state index in [0.29, 0.717) is 36.7 Å². The summed E-state index contributed by atoms with van der Waals surface area (Å²) in [5, 5.41) is 13.0. The van der Waals surface area contributed by atoms with E-state index in [4.69, 9.17) is 15.5 Å². The Bertz CT molecular complexity index is 1370. The molecule has 0 saturated carbocycles. The topological polar surface area (TPSA) is 138 Å². The van der Waals surface area contributed by atoms with Crippen LogP contribution >= 0.6 is 0 Å². The number of hydrogen-bond acceptors (Lipinski definition) is 9. The van der Waals surface area contributed by atoms with E-state index in [1.807, 2.05) is 58.5 Å². The molecule has 196 valence electrons. The molecule has 1 aliphatic rings. The lowest BCUT2D eigenvalue weighted by Crippen LogP contribution is -2.55. The summed E-state index contributed by atoms with van der Waals surface area (Å²) in [6, 6.07) is 5.93. The zero-order chi connectivity index (χ0) is 27.1. The highest BCUT2D eigenvalue weighted by molar-refractivity contribution is 5.81. The number of ether oxygens (including phenoxy) is 1. The van der Waals surface area contributed by atoms with Crippen LogP contribution in [-0.4, -0.2) is 61.8 Å². The van der Waals surface area contributed by atoms with E-state index in [9.17, 15) is 10.1 Å². The highest BCUT2D eigenvalue weighted by Gasteiger charge is 2.32. The van der Waals surface area contributed by atoms with Crippen LogP contribution < -0.4 is 16.0 Å². The number of carbonyl (C=O) groups excluding carboxylic acids is 1. The van der Waals surface area contributed by atoms with Crippen LogP contribution in [0.3, 0.4) is 0 Å². The Morgan fingerprint density at radius 1 is 1.30 bits per heavy atom. The van der Waals surface area contributed by atoms with Gasteiger partial charge in [-0.3, -0.25) is 0 Å². The molecular formula is C26H35N9O2. The number of anilines is 3. The summed E-state index contributed by atoms with van der Waals surface area (Å²) in [6.45, 7) is 13.1. The van der Waals surface area contributed by atoms with E-state index in [1.165, 1.54) is 0 Å². The van der Waals surface area contributed by atoms with Crippen LogP contribution in [0.2, 0.25) is 0 Å². The van der Waals surface area contributed by atoms with Gasteiger partial charge in [-0.05, 0) is 53.7 Å². The molecule has 4 rings (SSSR count). The van der Waals surface area contributed by atoms with Crippen LogP contribution in [0.1, 0.15) is 57.6 Å². The van der Waals surface area contributed by atoms with Crippen molar-refractivity contribution in [3.8, 4) is 6.07 Å². The van der Waals surface area contributed by atoms with Crippen LogP contribution in [-0.2, 0) is 11.8 Å². The number of amides is 1. The zero-order valence-corrected chi connectivity index (χ0v) is 22.5. The molecule has 11 heteroatoms. The van der Waals surface area contributed by atoms with Crippen molar-refractivity contribution >= 4 is 34.6 Å². The molecule has 0 spiro atoms. The maximum absolute atomic E-state index is 12.8. The Labute approximate surface area is 217 Å². The summed E-state index contributed by atoms with van der Waals surface area (Å²) in [5.74, 6) is 0.481. The number of nitrogens with two attached hydrogens (primary N) is 1. The average Bonchev–Trinajstić information content (AvgIpc) is 3.16. The number of rotatable bonds is 4. The van der Waals surface area contributed by atoms with Crippen LogP contribution in [0.25, 0.3) is 11.0 Å². The van der Waals surface area contributed by atoms with Crippen molar-refractivity contribution in [2.45, 2.75) is 59.2 Å². The summed E-state index contributed by atoms with van der Waals surface area (Å²) >= 11 is 0. The number of nitrogens with one attached hydrogen (secondary N) is 1. The minimum Gasteiger partial charge on any atom is -0.444 e. The van der Waals surface area contributed by atoms with Gasteiger partial charge < -0.3 is 30.2 Å². The first kappa shape index (κ1) is 26.0. The number of aromatic nitrogens is 4. The third kappa shape index (κ3) is 5.38. The lowest BCUT2D eigenvalue weighted by Gasteiger charge is -2.42. The van der Waals surface area contributed by atoms with E-state index in [-0.39, 0.29) is 24.1 Å². The largest absolute Gasteiger partial charge is 0.444 e. The fraction of sp³-hybridized carbons (Fsp3) is 0.500. The first-order valence-corrected chi connectivity index (χ1v) is 12.4. The number of nitrogen functional groups attached to an aromatic ring is 1. The molecule has 1 saturated heterocycles. The highest BCUT2D eigenvalue weighted by atomic mass is 16.6. The molecule has 1 amide bonds. The van der Waals surface area contributed by atoms with Crippen LogP contribution in [0, 0.1) is 18.3 Å². The van der Waals surface area contributed by atoms with E-state index < -0.39 is 5.60 Å². The molecule has 0 radical (unpaired) electrons. The van der Waals surface area contributed by atoms with E-state index >= 15 is 0 Å². The summed E-state index contributed by atoms with van der Waals surface area (Å²) < 4.78 is 7.65. The first-order chi connectivity index (χ1) is 17.4. The Morgan fingerprint density at radius 3 is 2.68 bits per heavy atom. The van der Waals surface area contributed by atoms with Crippen LogP contribution in [0.15, 0.2) is 18.3 Å². The predicted octanol–water partition coefficient (Wildman–Crippen LogP) is 3.74. The number of aryl methyl sites for hydroxylation is 2. The van der Waals surface area contributed by atoms with Gasteiger partial charge in [0, 0.05) is 38.9 Å². The molecule has 1 aliphatic heterocycles. The number of nitriles is 1. The molecule has 0 unspecified atom stereocenters. The van der Waals surface area contributed by atoms with E-state index in [1.54, 1.807) is 11.8 Å². The summed E-state index contributed by atoms with van der Waals surface area (Å²) in [6.07, 6.45) is 1.68. The van der Waals surface area contributed by atoms with Crippen LogP contribution in [0.5, 0.6) is 0 Å². The second kappa shape index (κ2) is 9.76. The second-order valence-electron chi connectivity index (χ2n) is 10.6. The number of hydrogen-bond donors (Lipinski definition) is 2. The molecule has 2 atom stereocenters. The molecule has 4 heterocycles. The van der Waals surface area contributed by atoms with Gasteiger partial charge in [-0.1, -0.05) is 0 Å². The molecule has 3 aromatic heterocycles. The number of carbonyl (C=O) groups is 1. The van der Waals surface area contributed by atoms with Crippen molar-refractivity contribution in [1.29, 1.82) is 5.26 Å². The number of pyridine rings is 1. The fourth-order valence-electron chi connectivity index (χ4n) is 4.64. The van der Waals surface area contributed by atoms with Crippen LogP contribution in [0.4, 0.5) is 22.2 Å². The van der Waals surface area contributed by atoms with Crippen molar-refractivity contribution < 1.29 is 9.53 Å². The Balaban J connectivity index is 1.67. The van der Waals surface area contributed by atoms with Gasteiger partial charge in [0.05, 0.1) is 34.2 Å². The normalized spacial score (nSPS) is 17.0. The van der Waals surface area contributed by atoms with Crippen molar-refractivity contribution in [1.82, 2.24) is 24.4 Å². The molecule has 37 heavy (non-hydrogen) atoms. The van der Waals surface area contributed by atoms with Gasteiger partial charge in [0.1, 0.15) is 23.1 Å². The van der Waals surface area contributed by atoms with Gasteiger partial charge in [0.15, 0.2) is 0 Å².